The van der Waals surface area contributed by atoms with Gasteiger partial charge in [-0.25, -0.2) is 9.97 Å². The average molecular weight is 338 g/mol. The first-order valence-corrected chi connectivity index (χ1v) is 7.56. The van der Waals surface area contributed by atoms with Gasteiger partial charge in [-0.15, -0.1) is 0 Å². The molecule has 1 saturated heterocycles. The number of nitrogens with zero attached hydrogens (tertiary/aromatic N) is 3. The molecule has 22 heavy (non-hydrogen) atoms. The fourth-order valence-corrected chi connectivity index (χ4v) is 2.73. The standard InChI is InChI=1S/C15H13Cl2N3O2/c16-10-1-2-13(17)12(7-10)15(21)20-6-4-11(8-20)22-14-3-5-18-9-19-14/h1-3,5,7,9,11H,4,6,8H2/t11-/m0/s1. The van der Waals surface area contributed by atoms with Crippen LogP contribution in [0.25, 0.3) is 0 Å². The summed E-state index contributed by atoms with van der Waals surface area (Å²) in [4.78, 5) is 22.1. The second kappa shape index (κ2) is 6.50. The minimum atomic E-state index is -0.138. The Labute approximate surface area is 137 Å². The molecule has 1 aliphatic heterocycles. The molecule has 0 bridgehead atoms. The Morgan fingerprint density at radius 2 is 2.18 bits per heavy atom. The summed E-state index contributed by atoms with van der Waals surface area (Å²) >= 11 is 12.0. The number of hydrogen-bond donors (Lipinski definition) is 0. The van der Waals surface area contributed by atoms with E-state index < -0.39 is 0 Å². The molecular weight excluding hydrogens is 325 g/mol. The Balaban J connectivity index is 1.67. The molecule has 3 rings (SSSR count). The number of amides is 1. The summed E-state index contributed by atoms with van der Waals surface area (Å²) in [6.45, 7) is 1.10. The third kappa shape index (κ3) is 3.31. The molecular formula is C15H13Cl2N3O2. The van der Waals surface area contributed by atoms with E-state index in [0.29, 0.717) is 34.6 Å². The number of likely N-dealkylation sites (tertiary alicyclic amines) is 1. The van der Waals surface area contributed by atoms with Gasteiger partial charge < -0.3 is 9.64 Å². The number of rotatable bonds is 3. The maximum Gasteiger partial charge on any atom is 0.255 e. The average Bonchev–Trinajstić information content (AvgIpc) is 2.98. The summed E-state index contributed by atoms with van der Waals surface area (Å²) in [7, 11) is 0. The first-order chi connectivity index (χ1) is 10.6. The Hall–Kier alpha value is -1.85. The summed E-state index contributed by atoms with van der Waals surface area (Å²) < 4.78 is 5.74. The van der Waals surface area contributed by atoms with E-state index in [1.807, 2.05) is 0 Å². The van der Waals surface area contributed by atoms with Crippen LogP contribution in [0.3, 0.4) is 0 Å². The highest BCUT2D eigenvalue weighted by Gasteiger charge is 2.29. The van der Waals surface area contributed by atoms with E-state index in [1.165, 1.54) is 6.33 Å². The molecule has 1 fully saturated rings. The monoisotopic (exact) mass is 337 g/mol. The second-order valence-corrected chi connectivity index (χ2v) is 5.80. The van der Waals surface area contributed by atoms with Gasteiger partial charge in [-0.1, -0.05) is 23.2 Å². The molecule has 0 unspecified atom stereocenters. The van der Waals surface area contributed by atoms with Gasteiger partial charge in [0, 0.05) is 30.3 Å². The van der Waals surface area contributed by atoms with Crippen LogP contribution in [0.15, 0.2) is 36.8 Å². The van der Waals surface area contributed by atoms with Crippen LogP contribution in [0.5, 0.6) is 5.88 Å². The predicted molar refractivity (Wildman–Crippen MR) is 83.4 cm³/mol. The first kappa shape index (κ1) is 15.1. The van der Waals surface area contributed by atoms with Crippen molar-refractivity contribution < 1.29 is 9.53 Å². The predicted octanol–water partition coefficient (Wildman–Crippen LogP) is 3.08. The summed E-state index contributed by atoms with van der Waals surface area (Å²) in [5.74, 6) is 0.372. The van der Waals surface area contributed by atoms with Gasteiger partial charge in [0.2, 0.25) is 5.88 Å². The third-order valence-electron chi connectivity index (χ3n) is 3.43. The largest absolute Gasteiger partial charge is 0.472 e. The van der Waals surface area contributed by atoms with E-state index in [-0.39, 0.29) is 12.0 Å². The second-order valence-electron chi connectivity index (χ2n) is 4.95. The van der Waals surface area contributed by atoms with Crippen LogP contribution in [0, 0.1) is 0 Å². The van der Waals surface area contributed by atoms with Gasteiger partial charge in [0.05, 0.1) is 17.1 Å². The lowest BCUT2D eigenvalue weighted by Crippen LogP contribution is -2.31. The van der Waals surface area contributed by atoms with Gasteiger partial charge in [0.15, 0.2) is 0 Å². The highest BCUT2D eigenvalue weighted by Crippen LogP contribution is 2.24. The van der Waals surface area contributed by atoms with Crippen LogP contribution in [0.4, 0.5) is 0 Å². The molecule has 0 saturated carbocycles. The van der Waals surface area contributed by atoms with Crippen molar-refractivity contribution in [2.24, 2.45) is 0 Å². The number of aromatic nitrogens is 2. The summed E-state index contributed by atoms with van der Waals surface area (Å²) in [5.41, 5.74) is 0.414. The molecule has 7 heteroatoms. The molecule has 2 heterocycles. The molecule has 1 aliphatic rings. The Morgan fingerprint density at radius 1 is 1.32 bits per heavy atom. The highest BCUT2D eigenvalue weighted by molar-refractivity contribution is 6.35. The first-order valence-electron chi connectivity index (χ1n) is 6.80. The molecule has 0 aliphatic carbocycles. The topological polar surface area (TPSA) is 55.3 Å². The zero-order valence-electron chi connectivity index (χ0n) is 11.6. The van der Waals surface area contributed by atoms with E-state index in [2.05, 4.69) is 9.97 Å². The van der Waals surface area contributed by atoms with Gasteiger partial charge in [-0.05, 0) is 18.2 Å². The summed E-state index contributed by atoms with van der Waals surface area (Å²) in [6.07, 6.45) is 3.70. The molecule has 1 aromatic heterocycles. The Kier molecular flexibility index (Phi) is 4.45. The molecule has 1 atom stereocenters. The maximum absolute atomic E-state index is 12.5. The summed E-state index contributed by atoms with van der Waals surface area (Å²) in [6, 6.07) is 6.57. The van der Waals surface area contributed by atoms with E-state index in [1.54, 1.807) is 35.4 Å². The molecule has 0 N–H and O–H groups in total. The van der Waals surface area contributed by atoms with Crippen LogP contribution >= 0.6 is 23.2 Å². The number of carbonyl (C=O) groups excluding carboxylic acids is 1. The van der Waals surface area contributed by atoms with E-state index in [4.69, 9.17) is 27.9 Å². The number of benzene rings is 1. The number of ether oxygens (including phenoxy) is 1. The molecule has 0 radical (unpaired) electrons. The normalized spacial score (nSPS) is 17.5. The molecule has 0 spiro atoms. The zero-order valence-corrected chi connectivity index (χ0v) is 13.1. The maximum atomic E-state index is 12.5. The van der Waals surface area contributed by atoms with Crippen LogP contribution in [0.1, 0.15) is 16.8 Å². The van der Waals surface area contributed by atoms with Crippen LogP contribution in [0.2, 0.25) is 10.0 Å². The van der Waals surface area contributed by atoms with Crippen LogP contribution in [-0.2, 0) is 0 Å². The SMILES string of the molecule is O=C(c1cc(Cl)ccc1Cl)N1CC[C@H](Oc2ccncn2)C1. The minimum Gasteiger partial charge on any atom is -0.472 e. The van der Waals surface area contributed by atoms with Gasteiger partial charge in [-0.3, -0.25) is 4.79 Å². The van der Waals surface area contributed by atoms with Gasteiger partial charge in [0.25, 0.3) is 5.91 Å². The van der Waals surface area contributed by atoms with Crippen molar-refractivity contribution in [3.8, 4) is 5.88 Å². The number of carbonyl (C=O) groups is 1. The quantitative estimate of drug-likeness (QED) is 0.863. The third-order valence-corrected chi connectivity index (χ3v) is 4.00. The lowest BCUT2D eigenvalue weighted by molar-refractivity contribution is 0.0771. The molecule has 5 nitrogen and oxygen atoms in total. The molecule has 2 aromatic rings. The Bertz CT molecular complexity index is 682. The van der Waals surface area contributed by atoms with Crippen molar-refractivity contribution in [3.05, 3.63) is 52.4 Å². The van der Waals surface area contributed by atoms with Crippen LogP contribution in [-0.4, -0.2) is 40.0 Å². The van der Waals surface area contributed by atoms with E-state index in [9.17, 15) is 4.79 Å². The van der Waals surface area contributed by atoms with Crippen LogP contribution < -0.4 is 4.74 Å². The fourth-order valence-electron chi connectivity index (χ4n) is 2.36. The lowest BCUT2D eigenvalue weighted by atomic mass is 10.2. The Morgan fingerprint density at radius 3 is 2.95 bits per heavy atom. The highest BCUT2D eigenvalue weighted by atomic mass is 35.5. The number of halogens is 2. The smallest absolute Gasteiger partial charge is 0.255 e. The van der Waals surface area contributed by atoms with E-state index >= 15 is 0 Å². The molecule has 114 valence electrons. The lowest BCUT2D eigenvalue weighted by Gasteiger charge is -2.17. The van der Waals surface area contributed by atoms with Crippen molar-refractivity contribution in [2.75, 3.05) is 13.1 Å². The number of hydrogen-bond acceptors (Lipinski definition) is 4. The molecule has 1 amide bonds. The zero-order chi connectivity index (χ0) is 15.5. The van der Waals surface area contributed by atoms with Crippen molar-refractivity contribution in [2.45, 2.75) is 12.5 Å². The van der Waals surface area contributed by atoms with E-state index in [0.717, 1.165) is 6.42 Å². The van der Waals surface area contributed by atoms with Crippen molar-refractivity contribution >= 4 is 29.1 Å². The van der Waals surface area contributed by atoms with Gasteiger partial charge in [-0.2, -0.15) is 0 Å². The van der Waals surface area contributed by atoms with Gasteiger partial charge >= 0.3 is 0 Å². The summed E-state index contributed by atoms with van der Waals surface area (Å²) in [5, 5.41) is 0.885. The van der Waals surface area contributed by atoms with Gasteiger partial charge in [0.1, 0.15) is 12.4 Å². The van der Waals surface area contributed by atoms with Crippen molar-refractivity contribution in [1.82, 2.24) is 14.9 Å². The molecule has 1 aromatic carbocycles. The minimum absolute atomic E-state index is 0.0863. The van der Waals surface area contributed by atoms with Crippen molar-refractivity contribution in [3.63, 3.8) is 0 Å². The van der Waals surface area contributed by atoms with Crippen molar-refractivity contribution in [1.29, 1.82) is 0 Å². The fraction of sp³-hybridized carbons (Fsp3) is 0.267.